The molecule has 4 heteroatoms. The fraction of sp³-hybridized carbons (Fsp3) is 0.667. The van der Waals surface area contributed by atoms with Gasteiger partial charge in [-0.25, -0.2) is 0 Å². The molecular weight excluding hydrogens is 149 g/mol. The molecule has 1 unspecified atom stereocenters. The SMILES string of the molecule is O[CH-]C(O)CO.[Zn]. The molecule has 0 bridgehead atoms. The molecule has 0 aromatic heterocycles. The van der Waals surface area contributed by atoms with Crippen molar-refractivity contribution in [1.82, 2.24) is 0 Å². The van der Waals surface area contributed by atoms with Crippen molar-refractivity contribution in [1.29, 1.82) is 0 Å². The predicted octanol–water partition coefficient (Wildman–Crippen LogP) is -1.13. The number of aliphatic hydroxyl groups is 3. The second-order valence-electron chi connectivity index (χ2n) is 0.899. The van der Waals surface area contributed by atoms with E-state index in [-0.39, 0.29) is 19.5 Å². The van der Waals surface area contributed by atoms with Crippen LogP contribution in [-0.2, 0) is 19.5 Å². The van der Waals surface area contributed by atoms with E-state index in [0.717, 1.165) is 0 Å². The summed E-state index contributed by atoms with van der Waals surface area (Å²) >= 11 is 0. The molecule has 0 aliphatic carbocycles. The Balaban J connectivity index is 0. The van der Waals surface area contributed by atoms with E-state index in [1.165, 1.54) is 0 Å². The van der Waals surface area contributed by atoms with E-state index in [1.54, 1.807) is 0 Å². The van der Waals surface area contributed by atoms with Crippen LogP contribution in [0.25, 0.3) is 0 Å². The van der Waals surface area contributed by atoms with E-state index in [1.807, 2.05) is 0 Å². The second-order valence-corrected chi connectivity index (χ2v) is 0.899. The maximum atomic E-state index is 8.11. The van der Waals surface area contributed by atoms with E-state index in [4.69, 9.17) is 15.3 Å². The Kier molecular flexibility index (Phi) is 9.73. The van der Waals surface area contributed by atoms with Crippen molar-refractivity contribution in [2.75, 3.05) is 6.61 Å². The molecule has 0 fully saturated rings. The van der Waals surface area contributed by atoms with Gasteiger partial charge in [0.1, 0.15) is 0 Å². The first-order valence-electron chi connectivity index (χ1n) is 1.57. The summed E-state index contributed by atoms with van der Waals surface area (Å²) in [4.78, 5) is 0. The molecule has 0 spiro atoms. The van der Waals surface area contributed by atoms with Gasteiger partial charge in [-0.05, 0) is 6.10 Å². The first-order valence-corrected chi connectivity index (χ1v) is 1.57. The monoisotopic (exact) mass is 155 g/mol. The van der Waals surface area contributed by atoms with Gasteiger partial charge in [0.15, 0.2) is 0 Å². The third kappa shape index (κ3) is 6.50. The van der Waals surface area contributed by atoms with Gasteiger partial charge in [0, 0.05) is 26.1 Å². The zero-order valence-corrected chi connectivity index (χ0v) is 6.88. The number of aliphatic hydroxyl groups excluding tert-OH is 3. The third-order valence-electron chi connectivity index (χ3n) is 0.359. The van der Waals surface area contributed by atoms with E-state index in [0.29, 0.717) is 6.61 Å². The van der Waals surface area contributed by atoms with Gasteiger partial charge >= 0.3 is 0 Å². The molecular formula is C3H7O3Zn-. The molecule has 0 aromatic carbocycles. The first kappa shape index (κ1) is 10.5. The quantitative estimate of drug-likeness (QED) is 0.350. The molecule has 0 saturated heterocycles. The number of hydrogen-bond donors (Lipinski definition) is 3. The van der Waals surface area contributed by atoms with Gasteiger partial charge in [0.25, 0.3) is 0 Å². The summed E-state index contributed by atoms with van der Waals surface area (Å²) in [6.45, 7) is 0.108. The maximum Gasteiger partial charge on any atom is 0.0429 e. The minimum Gasteiger partial charge on any atom is -0.563 e. The Morgan fingerprint density at radius 1 is 1.57 bits per heavy atom. The summed E-state index contributed by atoms with van der Waals surface area (Å²) in [5.41, 5.74) is 0. The second kappa shape index (κ2) is 6.50. The number of hydrogen-bond acceptors (Lipinski definition) is 3. The fourth-order valence-electron chi connectivity index (χ4n) is 0.0471. The zero-order valence-electron chi connectivity index (χ0n) is 3.91. The Labute approximate surface area is 54.7 Å². The van der Waals surface area contributed by atoms with Crippen LogP contribution in [0.5, 0.6) is 0 Å². The molecule has 0 rings (SSSR count). The van der Waals surface area contributed by atoms with Gasteiger partial charge in [-0.1, -0.05) is 0 Å². The summed E-state index contributed by atoms with van der Waals surface area (Å²) in [6.07, 6.45) is -1.08. The van der Waals surface area contributed by atoms with Crippen LogP contribution in [0, 0.1) is 6.61 Å². The normalized spacial score (nSPS) is 12.4. The van der Waals surface area contributed by atoms with Crippen molar-refractivity contribution < 1.29 is 34.8 Å². The van der Waals surface area contributed by atoms with E-state index >= 15 is 0 Å². The van der Waals surface area contributed by atoms with Crippen molar-refractivity contribution in [3.63, 3.8) is 0 Å². The third-order valence-corrected chi connectivity index (χ3v) is 0.359. The summed E-state index contributed by atoms with van der Waals surface area (Å²) in [5.74, 6) is 0. The summed E-state index contributed by atoms with van der Waals surface area (Å²) in [5, 5.41) is 23.8. The largest absolute Gasteiger partial charge is 0.563 e. The van der Waals surface area contributed by atoms with Gasteiger partial charge in [0.05, 0.1) is 0 Å². The summed E-state index contributed by atoms with van der Waals surface area (Å²) in [6, 6.07) is 0. The van der Waals surface area contributed by atoms with Gasteiger partial charge < -0.3 is 15.3 Å². The molecule has 0 heterocycles. The van der Waals surface area contributed by atoms with Crippen molar-refractivity contribution >= 4 is 0 Å². The smallest absolute Gasteiger partial charge is 0.0429 e. The number of rotatable bonds is 2. The average Bonchev–Trinajstić information content (AvgIpc) is 1.65. The molecule has 0 aliphatic rings. The summed E-state index contributed by atoms with van der Waals surface area (Å²) in [7, 11) is 0. The van der Waals surface area contributed by atoms with Crippen LogP contribution in [0.4, 0.5) is 0 Å². The molecule has 0 aromatic rings. The molecule has 3 nitrogen and oxygen atoms in total. The minimum absolute atomic E-state index is 0. The van der Waals surface area contributed by atoms with E-state index in [9.17, 15) is 0 Å². The fourth-order valence-corrected chi connectivity index (χ4v) is 0.0471. The molecule has 3 N–H and O–H groups in total. The standard InChI is InChI=1S/C3H7O3.Zn/c4-1-3(6)2-5;/h1,3-6H,2H2;/q-1;. The molecule has 40 valence electrons. The van der Waals surface area contributed by atoms with Crippen LogP contribution in [0.15, 0.2) is 0 Å². The van der Waals surface area contributed by atoms with Crippen LogP contribution in [0.3, 0.4) is 0 Å². The van der Waals surface area contributed by atoms with Crippen molar-refractivity contribution in [2.45, 2.75) is 6.10 Å². The van der Waals surface area contributed by atoms with Crippen LogP contribution >= 0.6 is 0 Å². The topological polar surface area (TPSA) is 60.7 Å². The van der Waals surface area contributed by atoms with Gasteiger partial charge in [-0.15, -0.1) is 0 Å². The molecule has 7 heavy (non-hydrogen) atoms. The molecule has 0 saturated carbocycles. The Hall–Kier alpha value is 0.503. The van der Waals surface area contributed by atoms with Crippen LogP contribution in [0.1, 0.15) is 0 Å². The summed E-state index contributed by atoms with van der Waals surface area (Å²) < 4.78 is 0. The maximum absolute atomic E-state index is 8.11. The van der Waals surface area contributed by atoms with E-state index < -0.39 is 12.7 Å². The molecule has 0 radical (unpaired) electrons. The van der Waals surface area contributed by atoms with E-state index in [2.05, 4.69) is 0 Å². The molecule has 1 atom stereocenters. The van der Waals surface area contributed by atoms with Crippen LogP contribution < -0.4 is 0 Å². The predicted molar refractivity (Wildman–Crippen MR) is 19.3 cm³/mol. The Morgan fingerprint density at radius 3 is 2.00 bits per heavy atom. The van der Waals surface area contributed by atoms with Crippen LogP contribution in [-0.4, -0.2) is 28.0 Å². The first-order chi connectivity index (χ1) is 2.81. The van der Waals surface area contributed by atoms with Crippen molar-refractivity contribution in [3.8, 4) is 0 Å². The van der Waals surface area contributed by atoms with Crippen molar-refractivity contribution in [2.24, 2.45) is 0 Å². The van der Waals surface area contributed by atoms with Gasteiger partial charge in [-0.3, -0.25) is 0 Å². The van der Waals surface area contributed by atoms with Gasteiger partial charge in [-0.2, -0.15) is 6.61 Å². The Morgan fingerprint density at radius 2 is 2.00 bits per heavy atom. The zero-order chi connectivity index (χ0) is 4.99. The Bertz CT molecular complexity index is 29.4. The molecule has 0 aliphatic heterocycles. The van der Waals surface area contributed by atoms with Crippen molar-refractivity contribution in [3.05, 3.63) is 6.61 Å². The van der Waals surface area contributed by atoms with Gasteiger partial charge in [0.2, 0.25) is 0 Å². The average molecular weight is 156 g/mol. The molecule has 0 amide bonds. The van der Waals surface area contributed by atoms with Crippen LogP contribution in [0.2, 0.25) is 0 Å². The minimum atomic E-state index is -1.08.